The largest absolute Gasteiger partial charge is 0.454 e. The smallest absolute Gasteiger partial charge is 0.329 e. The zero-order valence-corrected chi connectivity index (χ0v) is 16.1. The van der Waals surface area contributed by atoms with Gasteiger partial charge in [0.25, 0.3) is 5.91 Å². The number of para-hydroxylation sites is 2. The van der Waals surface area contributed by atoms with Crippen molar-refractivity contribution < 1.29 is 18.7 Å². The summed E-state index contributed by atoms with van der Waals surface area (Å²) in [5.74, 6) is -1.68. The van der Waals surface area contributed by atoms with Gasteiger partial charge in [0.2, 0.25) is 0 Å². The summed E-state index contributed by atoms with van der Waals surface area (Å²) in [5.41, 5.74) is 1.41. The number of benzene rings is 2. The van der Waals surface area contributed by atoms with Gasteiger partial charge in [-0.3, -0.25) is 18.7 Å². The first-order chi connectivity index (χ1) is 14.0. The monoisotopic (exact) mass is 399 g/mol. The summed E-state index contributed by atoms with van der Waals surface area (Å²) in [6.45, 7) is 1.70. The summed E-state index contributed by atoms with van der Waals surface area (Å²) < 4.78 is 21.5. The fourth-order valence-corrected chi connectivity index (χ4v) is 3.07. The van der Waals surface area contributed by atoms with Crippen LogP contribution in [0.4, 0.5) is 4.39 Å². The number of nitrogens with zero attached hydrogens (tertiary/aromatic N) is 2. The van der Waals surface area contributed by atoms with Crippen LogP contribution in [-0.2, 0) is 34.0 Å². The minimum atomic E-state index is -0.701. The van der Waals surface area contributed by atoms with Crippen LogP contribution in [0.1, 0.15) is 18.9 Å². The molecule has 0 aliphatic heterocycles. The van der Waals surface area contributed by atoms with Gasteiger partial charge in [-0.05, 0) is 24.6 Å². The van der Waals surface area contributed by atoms with Crippen LogP contribution in [0, 0.1) is 5.82 Å². The molecule has 152 valence electrons. The Balaban J connectivity index is 1.60. The van der Waals surface area contributed by atoms with Gasteiger partial charge >= 0.3 is 11.7 Å². The van der Waals surface area contributed by atoms with Crippen molar-refractivity contribution in [2.45, 2.75) is 33.0 Å². The van der Waals surface area contributed by atoms with Gasteiger partial charge in [0.1, 0.15) is 12.4 Å². The first-order valence-corrected chi connectivity index (χ1v) is 9.35. The molecule has 8 heteroatoms. The van der Waals surface area contributed by atoms with Gasteiger partial charge in [0, 0.05) is 18.7 Å². The minimum Gasteiger partial charge on any atom is -0.454 e. The van der Waals surface area contributed by atoms with Gasteiger partial charge < -0.3 is 10.1 Å². The maximum absolute atomic E-state index is 13.5. The number of halogens is 1. The summed E-state index contributed by atoms with van der Waals surface area (Å²) in [5, 5.41) is 2.49. The molecule has 1 heterocycles. The summed E-state index contributed by atoms with van der Waals surface area (Å²) >= 11 is 0. The van der Waals surface area contributed by atoms with Crippen LogP contribution < -0.4 is 11.0 Å². The number of aromatic nitrogens is 2. The maximum Gasteiger partial charge on any atom is 0.329 e. The molecule has 3 aromatic rings. The van der Waals surface area contributed by atoms with E-state index in [0.29, 0.717) is 17.6 Å². The lowest BCUT2D eigenvalue weighted by atomic mass is 10.2. The number of carbonyl (C=O) groups excluding carboxylic acids is 2. The van der Waals surface area contributed by atoms with Gasteiger partial charge in [-0.15, -0.1) is 0 Å². The second-order valence-corrected chi connectivity index (χ2v) is 6.54. The fourth-order valence-electron chi connectivity index (χ4n) is 3.07. The number of fused-ring (bicyclic) bond motifs is 1. The fraction of sp³-hybridized carbons (Fsp3) is 0.286. The van der Waals surface area contributed by atoms with Crippen molar-refractivity contribution in [2.24, 2.45) is 0 Å². The average Bonchev–Trinajstić information content (AvgIpc) is 2.98. The average molecular weight is 399 g/mol. The number of ether oxygens (including phenoxy) is 1. The van der Waals surface area contributed by atoms with Crippen molar-refractivity contribution in [1.29, 1.82) is 0 Å². The number of aryl methyl sites for hydroxylation is 1. The van der Waals surface area contributed by atoms with Gasteiger partial charge in [-0.1, -0.05) is 37.3 Å². The number of imidazole rings is 1. The molecule has 0 radical (unpaired) electrons. The van der Waals surface area contributed by atoms with Crippen molar-refractivity contribution in [2.75, 3.05) is 6.61 Å². The molecular weight excluding hydrogens is 377 g/mol. The highest BCUT2D eigenvalue weighted by molar-refractivity contribution is 5.82. The molecule has 7 nitrogen and oxygen atoms in total. The predicted molar refractivity (Wildman–Crippen MR) is 106 cm³/mol. The first-order valence-electron chi connectivity index (χ1n) is 9.35. The quantitative estimate of drug-likeness (QED) is 0.589. The Morgan fingerprint density at radius 3 is 2.38 bits per heavy atom. The number of nitrogens with one attached hydrogen (secondary N) is 1. The molecule has 0 atom stereocenters. The number of hydrogen-bond donors (Lipinski definition) is 1. The Kier molecular flexibility index (Phi) is 6.43. The Morgan fingerprint density at radius 1 is 1.03 bits per heavy atom. The standard InChI is InChI=1S/C21H22FN3O4/c1-2-11-24-17-9-5-6-10-18(17)25(21(24)28)13-20(27)29-14-19(26)23-12-15-7-3-4-8-16(15)22/h3-10H,2,11-14H2,1H3,(H,23,26). The van der Waals surface area contributed by atoms with Crippen molar-refractivity contribution in [3.05, 3.63) is 70.4 Å². The summed E-state index contributed by atoms with van der Waals surface area (Å²) in [4.78, 5) is 36.7. The number of carbonyl (C=O) groups is 2. The van der Waals surface area contributed by atoms with E-state index in [2.05, 4.69) is 5.32 Å². The molecule has 0 aliphatic carbocycles. The number of esters is 1. The topological polar surface area (TPSA) is 82.3 Å². The van der Waals surface area contributed by atoms with Crippen LogP contribution in [0.3, 0.4) is 0 Å². The molecule has 29 heavy (non-hydrogen) atoms. The van der Waals surface area contributed by atoms with Crippen LogP contribution in [0.15, 0.2) is 53.3 Å². The third-order valence-electron chi connectivity index (χ3n) is 4.46. The molecular formula is C21H22FN3O4. The van der Waals surface area contributed by atoms with Crippen molar-refractivity contribution >= 4 is 22.9 Å². The van der Waals surface area contributed by atoms with E-state index in [1.54, 1.807) is 34.9 Å². The molecule has 0 spiro atoms. The van der Waals surface area contributed by atoms with Crippen molar-refractivity contribution in [1.82, 2.24) is 14.5 Å². The summed E-state index contributed by atoms with van der Waals surface area (Å²) in [7, 11) is 0. The molecule has 0 bridgehead atoms. The normalized spacial score (nSPS) is 10.8. The first kappa shape index (κ1) is 20.3. The van der Waals surface area contributed by atoms with Crippen LogP contribution in [0.5, 0.6) is 0 Å². The Hall–Kier alpha value is -3.42. The van der Waals surface area contributed by atoms with Crippen LogP contribution in [0.2, 0.25) is 0 Å². The lowest BCUT2D eigenvalue weighted by Crippen LogP contribution is -2.31. The predicted octanol–water partition coefficient (Wildman–Crippen LogP) is 2.21. The molecule has 1 aromatic heterocycles. The second kappa shape index (κ2) is 9.18. The Labute approximate surface area is 166 Å². The summed E-state index contributed by atoms with van der Waals surface area (Å²) in [6.07, 6.45) is 0.778. The molecule has 0 saturated carbocycles. The number of hydrogen-bond acceptors (Lipinski definition) is 4. The van der Waals surface area contributed by atoms with E-state index in [4.69, 9.17) is 4.74 Å². The van der Waals surface area contributed by atoms with Crippen LogP contribution in [-0.4, -0.2) is 27.6 Å². The van der Waals surface area contributed by atoms with E-state index in [1.807, 2.05) is 19.1 Å². The molecule has 1 amide bonds. The van der Waals surface area contributed by atoms with Crippen LogP contribution in [0.25, 0.3) is 11.0 Å². The van der Waals surface area contributed by atoms with E-state index >= 15 is 0 Å². The highest BCUT2D eigenvalue weighted by Crippen LogP contribution is 2.13. The maximum atomic E-state index is 13.5. The van der Waals surface area contributed by atoms with Gasteiger partial charge in [0.05, 0.1) is 11.0 Å². The molecule has 2 aromatic carbocycles. The Morgan fingerprint density at radius 2 is 1.69 bits per heavy atom. The van der Waals surface area contributed by atoms with Gasteiger partial charge in [-0.25, -0.2) is 9.18 Å². The molecule has 0 fully saturated rings. The molecule has 0 unspecified atom stereocenters. The van der Waals surface area contributed by atoms with Crippen molar-refractivity contribution in [3.8, 4) is 0 Å². The van der Waals surface area contributed by atoms with E-state index in [0.717, 1.165) is 11.9 Å². The molecule has 1 N–H and O–H groups in total. The van der Waals surface area contributed by atoms with E-state index < -0.39 is 24.3 Å². The van der Waals surface area contributed by atoms with Crippen LogP contribution >= 0.6 is 0 Å². The highest BCUT2D eigenvalue weighted by Gasteiger charge is 2.16. The third kappa shape index (κ3) is 4.71. The zero-order chi connectivity index (χ0) is 20.8. The number of amides is 1. The Bertz CT molecular complexity index is 1090. The van der Waals surface area contributed by atoms with Gasteiger partial charge in [0.15, 0.2) is 6.61 Å². The molecule has 3 rings (SSSR count). The lowest BCUT2D eigenvalue weighted by Gasteiger charge is -2.08. The number of rotatable bonds is 8. The highest BCUT2D eigenvalue weighted by atomic mass is 19.1. The van der Waals surface area contributed by atoms with Gasteiger partial charge in [-0.2, -0.15) is 0 Å². The molecule has 0 saturated heterocycles. The summed E-state index contributed by atoms with van der Waals surface area (Å²) in [6, 6.07) is 13.3. The zero-order valence-electron chi connectivity index (χ0n) is 16.1. The van der Waals surface area contributed by atoms with E-state index in [-0.39, 0.29) is 18.8 Å². The van der Waals surface area contributed by atoms with Crippen molar-refractivity contribution in [3.63, 3.8) is 0 Å². The third-order valence-corrected chi connectivity index (χ3v) is 4.46. The second-order valence-electron chi connectivity index (χ2n) is 6.54. The SMILES string of the molecule is CCCn1c(=O)n(CC(=O)OCC(=O)NCc2ccccc2F)c2ccccc21. The van der Waals surface area contributed by atoms with E-state index in [9.17, 15) is 18.8 Å². The van der Waals surface area contributed by atoms with E-state index in [1.165, 1.54) is 10.6 Å². The molecule has 0 aliphatic rings. The minimum absolute atomic E-state index is 0.00692. The lowest BCUT2D eigenvalue weighted by molar-refractivity contribution is -0.149.